The SMILES string of the molecule is Cc1c(C=C2SC(=S)N(CCCC(=O)O)C2=O)c(N2CCC(C)CC2)n(C)c(=O)c1C#N. The Morgan fingerprint density at radius 3 is 2.59 bits per heavy atom. The van der Waals surface area contributed by atoms with Crippen molar-refractivity contribution < 1.29 is 14.7 Å². The van der Waals surface area contributed by atoms with E-state index in [9.17, 15) is 19.6 Å². The maximum Gasteiger partial charge on any atom is 0.303 e. The highest BCUT2D eigenvalue weighted by Gasteiger charge is 2.33. The van der Waals surface area contributed by atoms with Gasteiger partial charge in [-0.3, -0.25) is 23.9 Å². The lowest BCUT2D eigenvalue weighted by atomic mass is 9.97. The molecule has 0 atom stereocenters. The number of pyridine rings is 1. The molecule has 2 aliphatic heterocycles. The summed E-state index contributed by atoms with van der Waals surface area (Å²) in [6, 6.07) is 2.01. The first-order chi connectivity index (χ1) is 15.1. The van der Waals surface area contributed by atoms with Crippen molar-refractivity contribution in [3.8, 4) is 6.07 Å². The molecule has 2 aliphatic rings. The minimum atomic E-state index is -0.920. The van der Waals surface area contributed by atoms with Gasteiger partial charge in [-0.05, 0) is 43.7 Å². The zero-order valence-corrected chi connectivity index (χ0v) is 20.0. The van der Waals surface area contributed by atoms with Crippen molar-refractivity contribution in [3.05, 3.63) is 31.9 Å². The molecule has 0 unspecified atom stereocenters. The Balaban J connectivity index is 2.04. The van der Waals surface area contributed by atoms with Gasteiger partial charge in [-0.2, -0.15) is 5.26 Å². The molecule has 2 fully saturated rings. The zero-order chi connectivity index (χ0) is 23.6. The molecular weight excluding hydrogens is 448 g/mol. The normalized spacial score (nSPS) is 18.5. The number of amides is 1. The molecule has 1 N–H and O–H groups in total. The third-order valence-electron chi connectivity index (χ3n) is 5.97. The Labute approximate surface area is 196 Å². The molecule has 1 amide bonds. The first-order valence-electron chi connectivity index (χ1n) is 10.5. The summed E-state index contributed by atoms with van der Waals surface area (Å²) in [6.45, 7) is 5.75. The monoisotopic (exact) mass is 474 g/mol. The van der Waals surface area contributed by atoms with Gasteiger partial charge in [0.05, 0.1) is 4.91 Å². The smallest absolute Gasteiger partial charge is 0.303 e. The average molecular weight is 475 g/mol. The third-order valence-corrected chi connectivity index (χ3v) is 7.35. The molecule has 0 saturated carbocycles. The van der Waals surface area contributed by atoms with Gasteiger partial charge in [-0.15, -0.1) is 0 Å². The van der Waals surface area contributed by atoms with Crippen LogP contribution >= 0.6 is 24.0 Å². The molecule has 0 spiro atoms. The predicted molar refractivity (Wildman–Crippen MR) is 128 cm³/mol. The maximum atomic E-state index is 13.0. The quantitative estimate of drug-likeness (QED) is 0.496. The number of thiocarbonyl (C=S) groups is 1. The number of carboxylic acids is 1. The highest BCUT2D eigenvalue weighted by Crippen LogP contribution is 2.36. The number of nitrogens with zero attached hydrogens (tertiary/aromatic N) is 4. The van der Waals surface area contributed by atoms with Crippen molar-refractivity contribution in [2.45, 2.75) is 39.5 Å². The summed E-state index contributed by atoms with van der Waals surface area (Å²) in [5.74, 6) is 0.106. The lowest BCUT2D eigenvalue weighted by Crippen LogP contribution is -2.38. The van der Waals surface area contributed by atoms with Crippen LogP contribution in [0, 0.1) is 24.2 Å². The lowest BCUT2D eigenvalue weighted by molar-refractivity contribution is -0.137. The van der Waals surface area contributed by atoms with Crippen molar-refractivity contribution in [2.75, 3.05) is 24.5 Å². The first kappa shape index (κ1) is 24.0. The van der Waals surface area contributed by atoms with Crippen LogP contribution in [-0.4, -0.2) is 50.4 Å². The van der Waals surface area contributed by atoms with Crippen LogP contribution in [0.4, 0.5) is 5.82 Å². The number of aromatic nitrogens is 1. The van der Waals surface area contributed by atoms with Crippen molar-refractivity contribution in [1.82, 2.24) is 9.47 Å². The maximum absolute atomic E-state index is 13.0. The fraction of sp³-hybridized carbons (Fsp3) is 0.500. The van der Waals surface area contributed by atoms with E-state index >= 15 is 0 Å². The molecule has 1 aromatic heterocycles. The molecule has 1 aromatic rings. The van der Waals surface area contributed by atoms with E-state index in [1.165, 1.54) is 9.47 Å². The van der Waals surface area contributed by atoms with E-state index in [0.29, 0.717) is 38.5 Å². The van der Waals surface area contributed by atoms with Gasteiger partial charge in [0, 0.05) is 38.7 Å². The topological polar surface area (TPSA) is 107 Å². The number of carboxylic acid groups (broad SMARTS) is 1. The summed E-state index contributed by atoms with van der Waals surface area (Å²) in [7, 11) is 1.66. The number of rotatable bonds is 6. The van der Waals surface area contributed by atoms with Crippen LogP contribution in [-0.2, 0) is 16.6 Å². The average Bonchev–Trinajstić information content (AvgIpc) is 3.01. The van der Waals surface area contributed by atoms with E-state index < -0.39 is 5.97 Å². The fourth-order valence-corrected chi connectivity index (χ4v) is 5.32. The van der Waals surface area contributed by atoms with Crippen LogP contribution in [0.15, 0.2) is 9.70 Å². The van der Waals surface area contributed by atoms with Crippen LogP contribution in [0.1, 0.15) is 49.3 Å². The summed E-state index contributed by atoms with van der Waals surface area (Å²) in [6.07, 6.45) is 3.99. The molecule has 0 radical (unpaired) electrons. The minimum Gasteiger partial charge on any atom is -0.481 e. The molecule has 3 rings (SSSR count). The number of anilines is 1. The number of hydrogen-bond acceptors (Lipinski definition) is 7. The predicted octanol–water partition coefficient (Wildman–Crippen LogP) is 2.87. The fourth-order valence-electron chi connectivity index (χ4n) is 4.03. The second-order valence-electron chi connectivity index (χ2n) is 8.21. The number of carbonyl (C=O) groups is 2. The van der Waals surface area contributed by atoms with E-state index in [2.05, 4.69) is 11.8 Å². The number of piperidine rings is 1. The zero-order valence-electron chi connectivity index (χ0n) is 18.4. The summed E-state index contributed by atoms with van der Waals surface area (Å²) in [5.41, 5.74) is 0.923. The highest BCUT2D eigenvalue weighted by atomic mass is 32.2. The number of aliphatic carboxylic acids is 1. The molecule has 0 bridgehead atoms. The third kappa shape index (κ3) is 4.74. The second-order valence-corrected chi connectivity index (χ2v) is 9.89. The van der Waals surface area contributed by atoms with E-state index in [0.717, 1.165) is 37.7 Å². The Hall–Kier alpha value is -2.64. The van der Waals surface area contributed by atoms with Crippen molar-refractivity contribution in [2.24, 2.45) is 13.0 Å². The molecule has 8 nitrogen and oxygen atoms in total. The molecule has 10 heteroatoms. The Kier molecular flexibility index (Phi) is 7.41. The Morgan fingerprint density at radius 2 is 2.00 bits per heavy atom. The van der Waals surface area contributed by atoms with Gasteiger partial charge in [0.25, 0.3) is 11.5 Å². The number of thioether (sulfide) groups is 1. The van der Waals surface area contributed by atoms with E-state index in [4.69, 9.17) is 17.3 Å². The van der Waals surface area contributed by atoms with E-state index in [1.54, 1.807) is 20.0 Å². The van der Waals surface area contributed by atoms with Crippen LogP contribution in [0.25, 0.3) is 6.08 Å². The van der Waals surface area contributed by atoms with Gasteiger partial charge in [0.1, 0.15) is 21.8 Å². The van der Waals surface area contributed by atoms with E-state index in [1.807, 2.05) is 6.07 Å². The molecule has 3 heterocycles. The summed E-state index contributed by atoms with van der Waals surface area (Å²) in [5, 5.41) is 18.4. The number of hydrogen-bond donors (Lipinski definition) is 1. The Morgan fingerprint density at radius 1 is 1.34 bits per heavy atom. The van der Waals surface area contributed by atoms with Crippen molar-refractivity contribution in [1.29, 1.82) is 5.26 Å². The summed E-state index contributed by atoms with van der Waals surface area (Å²) >= 11 is 6.51. The largest absolute Gasteiger partial charge is 0.481 e. The van der Waals surface area contributed by atoms with Crippen LogP contribution in [0.2, 0.25) is 0 Å². The summed E-state index contributed by atoms with van der Waals surface area (Å²) in [4.78, 5) is 40.6. The van der Waals surface area contributed by atoms with Crippen molar-refractivity contribution >= 4 is 52.1 Å². The highest BCUT2D eigenvalue weighted by molar-refractivity contribution is 8.26. The molecule has 32 heavy (non-hydrogen) atoms. The number of carbonyl (C=O) groups excluding carboxylic acids is 1. The van der Waals surface area contributed by atoms with Gasteiger partial charge in [-0.1, -0.05) is 30.9 Å². The lowest BCUT2D eigenvalue weighted by Gasteiger charge is -2.34. The van der Waals surface area contributed by atoms with Gasteiger partial charge in [0.2, 0.25) is 0 Å². The van der Waals surface area contributed by atoms with Crippen LogP contribution in [0.3, 0.4) is 0 Å². The minimum absolute atomic E-state index is 0.0426. The van der Waals surface area contributed by atoms with Crippen LogP contribution in [0.5, 0.6) is 0 Å². The molecule has 0 aliphatic carbocycles. The van der Waals surface area contributed by atoms with Crippen LogP contribution < -0.4 is 10.5 Å². The summed E-state index contributed by atoms with van der Waals surface area (Å²) < 4.78 is 1.88. The molecule has 2 saturated heterocycles. The molecular formula is C22H26N4O4S2. The van der Waals surface area contributed by atoms with E-state index in [-0.39, 0.29) is 30.0 Å². The van der Waals surface area contributed by atoms with Gasteiger partial charge >= 0.3 is 5.97 Å². The molecule has 0 aromatic carbocycles. The van der Waals surface area contributed by atoms with Gasteiger partial charge in [0.15, 0.2) is 0 Å². The van der Waals surface area contributed by atoms with Gasteiger partial charge < -0.3 is 10.0 Å². The first-order valence-corrected chi connectivity index (χ1v) is 11.7. The second kappa shape index (κ2) is 9.88. The van der Waals surface area contributed by atoms with Gasteiger partial charge in [-0.25, -0.2) is 0 Å². The standard InChI is InChI=1S/C22H26N4O4S2/c1-13-6-9-25(10-7-13)19-15(14(2)16(12-23)20(29)24(19)3)11-17-21(30)26(22(31)32-17)8-4-5-18(27)28/h11,13H,4-10H2,1-3H3,(H,27,28). The Bertz CT molecular complexity index is 1090. The van der Waals surface area contributed by atoms with Crippen molar-refractivity contribution in [3.63, 3.8) is 0 Å². The number of nitriles is 1. The molecule has 170 valence electrons.